The van der Waals surface area contributed by atoms with Gasteiger partial charge in [0, 0.05) is 72.9 Å². The van der Waals surface area contributed by atoms with Crippen molar-refractivity contribution in [3.63, 3.8) is 0 Å². The number of alkyl carbamates (subject to hydrolysis) is 1. The number of anilines is 1. The molecule has 2 bridgehead atoms. The van der Waals surface area contributed by atoms with E-state index in [4.69, 9.17) is 0 Å². The van der Waals surface area contributed by atoms with Crippen molar-refractivity contribution >= 4 is 39.8 Å². The van der Waals surface area contributed by atoms with E-state index in [-0.39, 0.29) is 34.4 Å². The Bertz CT molecular complexity index is 2930. The molecule has 2 aromatic carbocycles. The van der Waals surface area contributed by atoms with Gasteiger partial charge >= 0.3 is 24.9 Å². The molecule has 0 saturated carbocycles. The number of amides is 4. The first-order chi connectivity index (χ1) is 35.9. The topological polar surface area (TPSA) is 241 Å². The number of piperazine rings is 1. The Morgan fingerprint density at radius 1 is 0.870 bits per heavy atom. The molecule has 2 aromatic heterocycles. The van der Waals surface area contributed by atoms with Gasteiger partial charge in [0.2, 0.25) is 15.9 Å². The van der Waals surface area contributed by atoms with Crippen LogP contribution in [0.25, 0.3) is 11.3 Å². The van der Waals surface area contributed by atoms with Gasteiger partial charge in [-0.25, -0.2) is 41.5 Å². The second-order valence-electron chi connectivity index (χ2n) is 20.4. The number of carboxylic acid groups (broad SMARTS) is 1. The lowest BCUT2D eigenvalue weighted by Gasteiger charge is -2.40. The zero-order valence-corrected chi connectivity index (χ0v) is 43.6. The van der Waals surface area contributed by atoms with E-state index < -0.39 is 112 Å². The first kappa shape index (κ1) is 59.2. The van der Waals surface area contributed by atoms with E-state index in [1.54, 1.807) is 34.8 Å². The number of aliphatic hydroxyl groups excluding tert-OH is 1. The Balaban J connectivity index is 1.30. The predicted octanol–water partition coefficient (Wildman–Crippen LogP) is 5.55. The molecule has 27 heteroatoms. The molecule has 2 saturated heterocycles. The highest BCUT2D eigenvalue weighted by molar-refractivity contribution is 7.88. The first-order valence-electron chi connectivity index (χ1n) is 23.9. The summed E-state index contributed by atoms with van der Waals surface area (Å²) in [5.41, 5.74) is -1.64. The van der Waals surface area contributed by atoms with Crippen molar-refractivity contribution in [2.45, 2.75) is 109 Å². The third-order valence-electron chi connectivity index (χ3n) is 13.3. The van der Waals surface area contributed by atoms with Crippen molar-refractivity contribution in [1.82, 2.24) is 45.5 Å². The van der Waals surface area contributed by atoms with E-state index in [0.717, 1.165) is 49.4 Å². The maximum atomic E-state index is 16.0. The number of benzene rings is 2. The number of rotatable bonds is 18. The SMILES string of the molecule is COC(=O)NC(C(=O)NC(Cc1ccc(C#Cc2ccc(N3CC4CCC(C3)N4S(C)(=O)=O)nc2)cc1)C(O)CN(Cc1c(F)cc(-c2ccn(C(F)F)n2)cc1F)NC(=O)C(NC(=O)O)C(C)(C)C)C(C)(C)C(F)(F)F. The van der Waals surface area contributed by atoms with E-state index in [2.05, 4.69) is 42.7 Å². The van der Waals surface area contributed by atoms with Crippen LogP contribution in [0.15, 0.2) is 67.0 Å². The number of halogens is 7. The Kier molecular flexibility index (Phi) is 18.2. The summed E-state index contributed by atoms with van der Waals surface area (Å²) in [6, 6.07) is 6.52. The number of pyridine rings is 1. The summed E-state index contributed by atoms with van der Waals surface area (Å²) in [7, 11) is -2.50. The number of nitrogens with zero attached hydrogens (tertiary/aromatic N) is 6. The average Bonchev–Trinajstić information content (AvgIpc) is 3.96. The van der Waals surface area contributed by atoms with Crippen molar-refractivity contribution in [3.8, 4) is 23.1 Å². The van der Waals surface area contributed by atoms with Gasteiger partial charge in [0.05, 0.1) is 36.6 Å². The van der Waals surface area contributed by atoms with Crippen LogP contribution in [0.5, 0.6) is 0 Å². The maximum Gasteiger partial charge on any atom is 0.407 e. The van der Waals surface area contributed by atoms with Gasteiger partial charge < -0.3 is 35.8 Å². The molecule has 0 radical (unpaired) electrons. The maximum absolute atomic E-state index is 16.0. The van der Waals surface area contributed by atoms with Crippen LogP contribution >= 0.6 is 0 Å². The molecule has 6 unspecified atom stereocenters. The quantitative estimate of drug-likeness (QED) is 0.0408. The van der Waals surface area contributed by atoms with Crippen LogP contribution < -0.4 is 26.3 Å². The molecule has 2 fully saturated rings. The lowest BCUT2D eigenvalue weighted by Crippen LogP contribution is -2.63. The standard InChI is InChI=1S/C50H59F7N10O9S/c1-48(2,3)41(60-46(71)72)44(70)63-65(26-34-35(51)21-31(22-36(34)52)37-18-19-66(62-37)45(53)54)27-39(68)38(59-43(69)42(61-47(73)76-6)49(4,5)50(55,56)57)20-29-11-8-28(9-12-29)10-13-30-14-17-40(58-23-30)64-24-32-15-16-33(25-64)67(32)77(7,74)75/h8-9,11-12,14,17-19,21-23,32-33,38-39,41-42,45,60,68H,15-16,20,24-27H2,1-7H3,(H,59,69)(H,61,73)(H,63,70)(H,71,72). The van der Waals surface area contributed by atoms with Crippen LogP contribution in [0.4, 0.5) is 46.1 Å². The Morgan fingerprint density at radius 3 is 1.97 bits per heavy atom. The number of fused-ring (bicyclic) bond motifs is 2. The lowest BCUT2D eigenvalue weighted by atomic mass is 9.82. The largest absolute Gasteiger partial charge is 0.465 e. The van der Waals surface area contributed by atoms with E-state index in [1.165, 1.54) is 39.2 Å². The molecule has 0 spiro atoms. The second-order valence-corrected chi connectivity index (χ2v) is 22.3. The third-order valence-corrected chi connectivity index (χ3v) is 14.6. The molecule has 6 rings (SSSR count). The molecule has 4 aromatic rings. The Hall–Kier alpha value is -7.02. The molecule has 0 aliphatic carbocycles. The minimum Gasteiger partial charge on any atom is -0.465 e. The summed E-state index contributed by atoms with van der Waals surface area (Å²) >= 11 is 0. The van der Waals surface area contributed by atoms with Crippen molar-refractivity contribution in [2.75, 3.05) is 37.9 Å². The summed E-state index contributed by atoms with van der Waals surface area (Å²) in [6.45, 7) is 1.89. The van der Waals surface area contributed by atoms with Gasteiger partial charge in [-0.05, 0) is 86.6 Å². The minimum atomic E-state index is -5.11. The molecular weight excluding hydrogens is 1050 g/mol. The molecule has 77 heavy (non-hydrogen) atoms. The van der Waals surface area contributed by atoms with Gasteiger partial charge in [0.1, 0.15) is 29.5 Å². The number of hydrogen-bond donors (Lipinski definition) is 6. The number of carbonyl (C=O) groups excluding carboxylic acids is 3. The van der Waals surface area contributed by atoms with Gasteiger partial charge in [0.25, 0.3) is 5.91 Å². The van der Waals surface area contributed by atoms with Crippen LogP contribution in [0, 0.1) is 34.3 Å². The van der Waals surface area contributed by atoms with Crippen LogP contribution in [0.3, 0.4) is 0 Å². The number of carbonyl (C=O) groups is 4. The number of aliphatic hydroxyl groups is 1. The summed E-state index contributed by atoms with van der Waals surface area (Å²) in [6.07, 6.45) is -5.32. The fourth-order valence-corrected chi connectivity index (χ4v) is 10.5. The first-order valence-corrected chi connectivity index (χ1v) is 25.8. The Morgan fingerprint density at radius 2 is 1.47 bits per heavy atom. The fourth-order valence-electron chi connectivity index (χ4n) is 9.04. The lowest BCUT2D eigenvalue weighted by molar-refractivity contribution is -0.220. The smallest absolute Gasteiger partial charge is 0.407 e. The van der Waals surface area contributed by atoms with Crippen LogP contribution in [0.1, 0.15) is 76.3 Å². The van der Waals surface area contributed by atoms with E-state index >= 15 is 8.78 Å². The molecule has 4 amide bonds. The van der Waals surface area contributed by atoms with E-state index in [0.29, 0.717) is 49.4 Å². The zero-order valence-electron chi connectivity index (χ0n) is 42.8. The highest BCUT2D eigenvalue weighted by Gasteiger charge is 2.56. The van der Waals surface area contributed by atoms with E-state index in [9.17, 15) is 59.8 Å². The fraction of sp³-hybridized carbons (Fsp3) is 0.480. The molecule has 6 atom stereocenters. The molecule has 2 aliphatic rings. The molecule has 418 valence electrons. The summed E-state index contributed by atoms with van der Waals surface area (Å²) < 4.78 is 133. The van der Waals surface area contributed by atoms with Crippen molar-refractivity contribution < 1.29 is 73.3 Å². The number of ether oxygens (including phenoxy) is 1. The molecule has 4 heterocycles. The normalized spacial score (nSPS) is 17.7. The predicted molar refractivity (Wildman–Crippen MR) is 265 cm³/mol. The number of alkyl halides is 5. The molecular formula is C50H59F7N10O9S. The molecule has 2 aliphatic heterocycles. The Labute approximate surface area is 439 Å². The summed E-state index contributed by atoms with van der Waals surface area (Å²) in [5.74, 6) is 1.56. The van der Waals surface area contributed by atoms with Gasteiger partial charge in [-0.2, -0.15) is 31.4 Å². The van der Waals surface area contributed by atoms with Crippen molar-refractivity contribution in [1.29, 1.82) is 0 Å². The number of hydrogen-bond acceptors (Lipinski definition) is 12. The molecule has 6 N–H and O–H groups in total. The average molecular weight is 1110 g/mol. The highest BCUT2D eigenvalue weighted by Crippen LogP contribution is 2.41. The third kappa shape index (κ3) is 14.7. The van der Waals surface area contributed by atoms with Gasteiger partial charge in [-0.15, -0.1) is 0 Å². The summed E-state index contributed by atoms with van der Waals surface area (Å²) in [4.78, 5) is 58.7. The number of sulfonamides is 1. The minimum absolute atomic E-state index is 0.152. The monoisotopic (exact) mass is 1110 g/mol. The van der Waals surface area contributed by atoms with Gasteiger partial charge in [-0.1, -0.05) is 44.7 Å². The van der Waals surface area contributed by atoms with Crippen LogP contribution in [0.2, 0.25) is 0 Å². The summed E-state index contributed by atoms with van der Waals surface area (Å²) in [5, 5.41) is 32.4. The van der Waals surface area contributed by atoms with Crippen LogP contribution in [-0.4, -0.2) is 142 Å². The number of hydrazine groups is 1. The number of nitrogens with one attached hydrogen (secondary N) is 4. The highest BCUT2D eigenvalue weighted by atomic mass is 32.2. The van der Waals surface area contributed by atoms with Crippen LogP contribution in [-0.2, 0) is 37.3 Å². The second kappa shape index (κ2) is 23.7. The molecule has 19 nitrogen and oxygen atoms in total. The van der Waals surface area contributed by atoms with Crippen molar-refractivity contribution in [3.05, 3.63) is 101 Å². The zero-order chi connectivity index (χ0) is 56.9. The van der Waals surface area contributed by atoms with Gasteiger partial charge in [-0.3, -0.25) is 15.0 Å². The van der Waals surface area contributed by atoms with Gasteiger partial charge in [0.15, 0.2) is 0 Å². The van der Waals surface area contributed by atoms with Crippen molar-refractivity contribution in [2.24, 2.45) is 10.8 Å². The number of aromatic nitrogens is 3. The number of methoxy groups -OCH3 is 1. The van der Waals surface area contributed by atoms with E-state index in [1.807, 2.05) is 10.2 Å².